The molecule has 2 aliphatic heterocycles. The molecule has 1 saturated heterocycles. The number of carbonyl (C=O) groups is 1. The number of ether oxygens (including phenoxy) is 1. The fourth-order valence-corrected chi connectivity index (χ4v) is 34.9. The van der Waals surface area contributed by atoms with Gasteiger partial charge in [0.2, 0.25) is 0 Å². The van der Waals surface area contributed by atoms with Crippen molar-refractivity contribution in [2.24, 2.45) is 13.9 Å². The second kappa shape index (κ2) is 18.8. The van der Waals surface area contributed by atoms with E-state index < -0.39 is 19.1 Å². The normalized spacial score (nSPS) is 23.3. The Balaban J connectivity index is 1.42. The molecule has 5 aromatic carbocycles. The monoisotopic (exact) mass is 1010 g/mol. The Labute approximate surface area is 377 Å². The third-order valence-corrected chi connectivity index (χ3v) is 34.7. The molecule has 2 saturated carbocycles. The summed E-state index contributed by atoms with van der Waals surface area (Å²) in [5, 5.41) is 4.02. The van der Waals surface area contributed by atoms with Gasteiger partial charge in [0.05, 0.1) is 0 Å². The van der Waals surface area contributed by atoms with Gasteiger partial charge in [0.25, 0.3) is 0 Å². The van der Waals surface area contributed by atoms with Crippen LogP contribution in [0.3, 0.4) is 0 Å². The number of benzene rings is 5. The van der Waals surface area contributed by atoms with Gasteiger partial charge in [0.15, 0.2) is 0 Å². The Morgan fingerprint density at radius 1 is 0.714 bits per heavy atom. The number of carbonyl (C=O) groups excluding carboxylic acids is 1. The summed E-state index contributed by atoms with van der Waals surface area (Å²) in [6.45, 7) is 7.83. The molecule has 0 aromatic heterocycles. The molecule has 2 heterocycles. The van der Waals surface area contributed by atoms with E-state index in [9.17, 15) is 0 Å². The number of fused-ring (bicyclic) bond motifs is 1. The molecule has 63 heavy (non-hydrogen) atoms. The molecule has 327 valence electrons. The van der Waals surface area contributed by atoms with E-state index in [1.165, 1.54) is 75.4 Å². The molecule has 7 nitrogen and oxygen atoms in total. The van der Waals surface area contributed by atoms with Crippen LogP contribution in [0.5, 0.6) is 0 Å². The number of hydrogen-bond donors (Lipinski definition) is 2. The van der Waals surface area contributed by atoms with Crippen molar-refractivity contribution in [2.75, 3.05) is 18.6 Å². The van der Waals surface area contributed by atoms with Crippen molar-refractivity contribution < 1.29 is 28.6 Å². The quantitative estimate of drug-likeness (QED) is 0.129. The van der Waals surface area contributed by atoms with Gasteiger partial charge in [-0.25, -0.2) is 0 Å². The summed E-state index contributed by atoms with van der Waals surface area (Å²) in [5.41, 5.74) is 11.6. The van der Waals surface area contributed by atoms with E-state index in [1.807, 2.05) is 0 Å². The first-order valence-electron chi connectivity index (χ1n) is 23.8. The Morgan fingerprint density at radius 3 is 1.95 bits per heavy atom. The van der Waals surface area contributed by atoms with Gasteiger partial charge in [0, 0.05) is 0 Å². The number of anilines is 1. The van der Waals surface area contributed by atoms with Crippen molar-refractivity contribution in [3.05, 3.63) is 171 Å². The van der Waals surface area contributed by atoms with E-state index in [0.29, 0.717) is 27.4 Å². The zero-order valence-corrected chi connectivity index (χ0v) is 41.5. The maximum atomic E-state index is 15.8. The molecule has 9 rings (SSSR count). The van der Waals surface area contributed by atoms with Crippen molar-refractivity contribution in [1.29, 1.82) is 0 Å². The van der Waals surface area contributed by atoms with Gasteiger partial charge in [-0.3, -0.25) is 0 Å². The predicted molar refractivity (Wildman–Crippen MR) is 256 cm³/mol. The molecule has 0 spiro atoms. The Bertz CT molecular complexity index is 2410. The van der Waals surface area contributed by atoms with Crippen LogP contribution in [-0.2, 0) is 38.8 Å². The average Bonchev–Trinajstić information content (AvgIpc) is 3.66. The molecule has 1 amide bonds. The first-order valence-corrected chi connectivity index (χ1v) is 34.1. The average molecular weight is 1010 g/mol. The molecule has 2 unspecified atom stereocenters. The van der Waals surface area contributed by atoms with Crippen LogP contribution in [0.1, 0.15) is 131 Å². The molecule has 4 aliphatic rings. The van der Waals surface area contributed by atoms with Crippen LogP contribution in [0.4, 0.5) is 5.69 Å². The van der Waals surface area contributed by atoms with E-state index in [-0.39, 0.29) is 23.9 Å². The first kappa shape index (κ1) is 43.6. The van der Waals surface area contributed by atoms with Crippen LogP contribution < -0.4 is 13.5 Å². The van der Waals surface area contributed by atoms with Gasteiger partial charge in [-0.05, 0) is 0 Å². The van der Waals surface area contributed by atoms with Crippen molar-refractivity contribution in [3.8, 4) is 0 Å². The van der Waals surface area contributed by atoms with Crippen molar-refractivity contribution >= 4 is 21.0 Å². The Kier molecular flexibility index (Phi) is 13.0. The number of amides is 1. The van der Waals surface area contributed by atoms with Crippen molar-refractivity contribution in [3.63, 3.8) is 0 Å². The fraction of sp³-hybridized carbons (Fsp3) is 0.400. The molecule has 3 fully saturated rings. The SMILES string of the molecule is COCc1ccccc1N1C(=[N][Hf]2([CH2]c3ccccc3)([CH2]c3ccccc3)[NH]C(=O)c3ccccc3C(C3CCCCC3)[C]2=NC2CCCCC2)NCC1c1c(C)cc(C)cc1C. The summed E-state index contributed by atoms with van der Waals surface area (Å²) in [6.07, 6.45) is 11.6. The predicted octanol–water partition coefficient (Wildman–Crippen LogP) is 12.0. The summed E-state index contributed by atoms with van der Waals surface area (Å²) in [7, 11) is 1.78. The molecule has 0 bridgehead atoms. The number of rotatable bonds is 11. The summed E-state index contributed by atoms with van der Waals surface area (Å²) < 4.78 is 19.2. The second-order valence-corrected chi connectivity index (χ2v) is 37.0. The number of nitrogens with zero attached hydrogens (tertiary/aromatic N) is 3. The van der Waals surface area contributed by atoms with E-state index in [4.69, 9.17) is 12.7 Å². The van der Waals surface area contributed by atoms with Gasteiger partial charge in [0.1, 0.15) is 0 Å². The third-order valence-electron chi connectivity index (χ3n) is 14.7. The number of aryl methyl sites for hydroxylation is 3. The first-order chi connectivity index (χ1) is 30.7. The summed E-state index contributed by atoms with van der Waals surface area (Å²) in [5.74, 6) is 1.16. The molecule has 8 heteroatoms. The van der Waals surface area contributed by atoms with E-state index in [2.05, 4.69) is 156 Å². The number of nitrogens with one attached hydrogen (secondary N) is 2. The van der Waals surface area contributed by atoms with Crippen LogP contribution in [0.25, 0.3) is 0 Å². The van der Waals surface area contributed by atoms with Crippen LogP contribution >= 0.6 is 0 Å². The van der Waals surface area contributed by atoms with Crippen molar-refractivity contribution in [1.82, 2.24) is 8.62 Å². The minimum atomic E-state index is -5.95. The zero-order chi connectivity index (χ0) is 43.4. The van der Waals surface area contributed by atoms with Gasteiger partial charge < -0.3 is 0 Å². The summed E-state index contributed by atoms with van der Waals surface area (Å²) in [4.78, 5) is 24.6. The molecule has 2 atom stereocenters. The fourth-order valence-electron chi connectivity index (χ4n) is 12.2. The van der Waals surface area contributed by atoms with E-state index >= 15 is 4.79 Å². The van der Waals surface area contributed by atoms with Gasteiger partial charge in [-0.15, -0.1) is 0 Å². The minimum absolute atomic E-state index is 0.00194. The van der Waals surface area contributed by atoms with E-state index in [0.717, 1.165) is 54.0 Å². The Morgan fingerprint density at radius 2 is 1.30 bits per heavy atom. The van der Waals surface area contributed by atoms with E-state index in [1.54, 1.807) is 7.11 Å². The molecular weight excluding hydrogens is 941 g/mol. The van der Waals surface area contributed by atoms with Crippen molar-refractivity contribution in [2.45, 2.75) is 118 Å². The van der Waals surface area contributed by atoms with Crippen LogP contribution in [-0.4, -0.2) is 35.0 Å². The Hall–Kier alpha value is -4.66. The number of para-hydroxylation sites is 1. The van der Waals surface area contributed by atoms with Gasteiger partial charge in [-0.1, -0.05) is 0 Å². The topological polar surface area (TPSA) is 78.3 Å². The zero-order valence-electron chi connectivity index (χ0n) is 37.9. The standard InChI is InChI=1S/C21H29N2O.C20H24N3O.2C7H7.Hf/c22-21(24)19-14-8-7-13-18(19)20(16-9-3-1-4-10-16)15-23-17-11-5-2-6-12-17;1-13-9-14(2)19(15(3)10-13)18-11-22-20(21)23(18)17-8-6-5-7-16(17)12-24-4;2*1-7-5-3-2-4-6-7;/h7-8,13-14,16-17,20H,1-6,9-12H2,(H2,22,24);5-10,18H,11-12H2,1-4H3,(H-,21,22);2*2-6H,1H2;/q;-1;;;+2/p-1. The van der Waals surface area contributed by atoms with Gasteiger partial charge in [-0.2, -0.15) is 0 Å². The maximum absolute atomic E-state index is 15.8. The molecule has 0 radical (unpaired) electrons. The van der Waals surface area contributed by atoms with Crippen LogP contribution in [0, 0.1) is 26.7 Å². The molecular formula is C55H66HfN5O2. The molecule has 2 N–H and O–H groups in total. The molecule has 5 aromatic rings. The summed E-state index contributed by atoms with van der Waals surface area (Å²) in [6, 6.07) is 43.9. The van der Waals surface area contributed by atoms with Crippen LogP contribution in [0.2, 0.25) is 0 Å². The number of guanidine groups is 1. The number of methoxy groups -OCH3 is 1. The summed E-state index contributed by atoms with van der Waals surface area (Å²) >= 11 is -5.95. The second-order valence-electron chi connectivity index (χ2n) is 19.2. The molecule has 2 aliphatic carbocycles. The number of hydrogen-bond acceptors (Lipinski definition) is 4. The third kappa shape index (κ3) is 8.79. The van der Waals surface area contributed by atoms with Crippen LogP contribution in [0.15, 0.2) is 129 Å². The van der Waals surface area contributed by atoms with Gasteiger partial charge >= 0.3 is 380 Å². The number of aliphatic imine (C=N–C) groups is 1.